The highest BCUT2D eigenvalue weighted by Crippen LogP contribution is 2.23. The number of rotatable bonds is 1. The molecule has 0 unspecified atom stereocenters. The maximum atomic E-state index is 5.61. The van der Waals surface area contributed by atoms with Gasteiger partial charge < -0.3 is 0 Å². The first-order valence-corrected chi connectivity index (χ1v) is 3.57. The van der Waals surface area contributed by atoms with Crippen molar-refractivity contribution in [2.45, 2.75) is 13.8 Å². The average molecular weight is 185 g/mol. The van der Waals surface area contributed by atoms with Crippen molar-refractivity contribution in [1.29, 1.82) is 0 Å². The lowest BCUT2D eigenvalue weighted by atomic mass is 10.3. The van der Waals surface area contributed by atoms with Gasteiger partial charge in [0.1, 0.15) is 4.49 Å². The van der Waals surface area contributed by atoms with Crippen molar-refractivity contribution in [1.82, 2.24) is 0 Å². The van der Waals surface area contributed by atoms with Crippen molar-refractivity contribution in [2.75, 3.05) is 0 Å². The highest BCUT2D eigenvalue weighted by atomic mass is 35.5. The first-order valence-electron chi connectivity index (χ1n) is 2.43. The SMILES string of the molecule is C/C=C(\C)C(Cl)=C(Cl)Cl. The van der Waals surface area contributed by atoms with Gasteiger partial charge in [-0.3, -0.25) is 0 Å². The quantitative estimate of drug-likeness (QED) is 0.545. The van der Waals surface area contributed by atoms with Gasteiger partial charge in [0, 0.05) is 0 Å². The largest absolute Gasteiger partial charge is 0.125 e. The number of allylic oxidation sites excluding steroid dienone is 3. The molecule has 0 amide bonds. The summed E-state index contributed by atoms with van der Waals surface area (Å²) < 4.78 is 0.118. The summed E-state index contributed by atoms with van der Waals surface area (Å²) in [6.45, 7) is 3.71. The third kappa shape index (κ3) is 3.14. The molecule has 0 bridgehead atoms. The first-order chi connectivity index (χ1) is 4.09. The molecule has 0 saturated carbocycles. The van der Waals surface area contributed by atoms with Crippen molar-refractivity contribution in [3.63, 3.8) is 0 Å². The van der Waals surface area contributed by atoms with Crippen LogP contribution < -0.4 is 0 Å². The molecule has 0 N–H and O–H groups in total. The van der Waals surface area contributed by atoms with E-state index in [0.29, 0.717) is 5.03 Å². The Labute approximate surface area is 70.1 Å². The van der Waals surface area contributed by atoms with E-state index in [1.54, 1.807) is 0 Å². The summed E-state index contributed by atoms with van der Waals surface area (Å²) in [7, 11) is 0. The van der Waals surface area contributed by atoms with Crippen LogP contribution in [0.25, 0.3) is 0 Å². The molecule has 0 fully saturated rings. The minimum absolute atomic E-state index is 0.118. The van der Waals surface area contributed by atoms with Crippen molar-refractivity contribution < 1.29 is 0 Å². The normalized spacial score (nSPS) is 11.4. The van der Waals surface area contributed by atoms with Gasteiger partial charge in [0.2, 0.25) is 0 Å². The zero-order chi connectivity index (χ0) is 7.44. The first kappa shape index (κ1) is 9.35. The lowest BCUT2D eigenvalue weighted by Crippen LogP contribution is -1.73. The topological polar surface area (TPSA) is 0 Å². The fourth-order valence-corrected chi connectivity index (χ4v) is 0.683. The van der Waals surface area contributed by atoms with Crippen LogP contribution >= 0.6 is 34.8 Å². The summed E-state index contributed by atoms with van der Waals surface area (Å²) in [5.41, 5.74) is 0.886. The van der Waals surface area contributed by atoms with E-state index in [0.717, 1.165) is 5.57 Å². The summed E-state index contributed by atoms with van der Waals surface area (Å²) in [5, 5.41) is 0.417. The molecular formula is C6H7Cl3. The Balaban J connectivity index is 4.40. The van der Waals surface area contributed by atoms with Crippen LogP contribution in [0, 0.1) is 0 Å². The average Bonchev–Trinajstić information content (AvgIpc) is 1.84. The van der Waals surface area contributed by atoms with Gasteiger partial charge in [-0.1, -0.05) is 40.9 Å². The van der Waals surface area contributed by atoms with Crippen LogP contribution in [-0.2, 0) is 0 Å². The molecule has 52 valence electrons. The zero-order valence-electron chi connectivity index (χ0n) is 5.21. The predicted molar refractivity (Wildman–Crippen MR) is 44.0 cm³/mol. The zero-order valence-corrected chi connectivity index (χ0v) is 7.48. The Hall–Kier alpha value is 0.350. The summed E-state index contributed by atoms with van der Waals surface area (Å²) >= 11 is 16.4. The molecule has 0 atom stereocenters. The Morgan fingerprint density at radius 2 is 1.67 bits per heavy atom. The van der Waals surface area contributed by atoms with Gasteiger partial charge in [-0.2, -0.15) is 0 Å². The Bertz CT molecular complexity index is 152. The second-order valence-electron chi connectivity index (χ2n) is 1.55. The maximum absolute atomic E-state index is 5.61. The van der Waals surface area contributed by atoms with Crippen LogP contribution in [0.15, 0.2) is 21.2 Å². The molecule has 0 aliphatic rings. The highest BCUT2D eigenvalue weighted by molar-refractivity contribution is 6.59. The minimum Gasteiger partial charge on any atom is -0.0832 e. The molecule has 0 rings (SSSR count). The van der Waals surface area contributed by atoms with Gasteiger partial charge >= 0.3 is 0 Å². The molecule has 0 radical (unpaired) electrons. The standard InChI is InChI=1S/C6H7Cl3/c1-3-4(2)5(7)6(8)9/h3H,1-2H3/b4-3+. The summed E-state index contributed by atoms with van der Waals surface area (Å²) in [5.74, 6) is 0. The molecule has 0 saturated heterocycles. The summed E-state index contributed by atoms with van der Waals surface area (Å²) in [4.78, 5) is 0. The molecule has 3 heteroatoms. The number of halogens is 3. The predicted octanol–water partition coefficient (Wildman–Crippen LogP) is 3.84. The monoisotopic (exact) mass is 184 g/mol. The maximum Gasteiger partial charge on any atom is 0.125 e. The van der Waals surface area contributed by atoms with Gasteiger partial charge in [0.05, 0.1) is 5.03 Å². The molecule has 0 spiro atoms. The Morgan fingerprint density at radius 3 is 1.78 bits per heavy atom. The highest BCUT2D eigenvalue weighted by Gasteiger charge is 1.98. The van der Waals surface area contributed by atoms with E-state index in [2.05, 4.69) is 0 Å². The van der Waals surface area contributed by atoms with Crippen LogP contribution in [0.3, 0.4) is 0 Å². The van der Waals surface area contributed by atoms with Gasteiger partial charge in [-0.05, 0) is 19.4 Å². The molecule has 0 nitrogen and oxygen atoms in total. The van der Waals surface area contributed by atoms with Gasteiger partial charge in [-0.25, -0.2) is 0 Å². The fourth-order valence-electron chi connectivity index (χ4n) is 0.276. The lowest BCUT2D eigenvalue weighted by molar-refractivity contribution is 1.45. The van der Waals surface area contributed by atoms with Crippen molar-refractivity contribution in [2.24, 2.45) is 0 Å². The summed E-state index contributed by atoms with van der Waals surface area (Å²) in [6, 6.07) is 0. The number of hydrogen-bond donors (Lipinski definition) is 0. The fraction of sp³-hybridized carbons (Fsp3) is 0.333. The van der Waals surface area contributed by atoms with E-state index in [-0.39, 0.29) is 4.49 Å². The second kappa shape index (κ2) is 4.21. The van der Waals surface area contributed by atoms with E-state index in [4.69, 9.17) is 34.8 Å². The van der Waals surface area contributed by atoms with Gasteiger partial charge in [-0.15, -0.1) is 0 Å². The smallest absolute Gasteiger partial charge is 0.0832 e. The third-order valence-electron chi connectivity index (χ3n) is 0.945. The van der Waals surface area contributed by atoms with E-state index in [1.165, 1.54) is 0 Å². The molecular weight excluding hydrogens is 178 g/mol. The second-order valence-corrected chi connectivity index (χ2v) is 2.87. The van der Waals surface area contributed by atoms with Crippen LogP contribution in [-0.4, -0.2) is 0 Å². The van der Waals surface area contributed by atoms with E-state index >= 15 is 0 Å². The molecule has 0 aromatic rings. The van der Waals surface area contributed by atoms with Crippen molar-refractivity contribution in [3.8, 4) is 0 Å². The number of hydrogen-bond acceptors (Lipinski definition) is 0. The van der Waals surface area contributed by atoms with Crippen LogP contribution in [0.1, 0.15) is 13.8 Å². The Morgan fingerprint density at radius 1 is 1.22 bits per heavy atom. The molecule has 0 aromatic carbocycles. The Kier molecular flexibility index (Phi) is 4.37. The molecule has 9 heavy (non-hydrogen) atoms. The van der Waals surface area contributed by atoms with E-state index in [1.807, 2.05) is 19.9 Å². The van der Waals surface area contributed by atoms with Gasteiger partial charge in [0.15, 0.2) is 0 Å². The molecule has 0 heterocycles. The molecule has 0 aliphatic carbocycles. The van der Waals surface area contributed by atoms with E-state index < -0.39 is 0 Å². The van der Waals surface area contributed by atoms with E-state index in [9.17, 15) is 0 Å². The minimum atomic E-state index is 0.118. The van der Waals surface area contributed by atoms with Crippen LogP contribution in [0.5, 0.6) is 0 Å². The lowest BCUT2D eigenvalue weighted by Gasteiger charge is -1.95. The van der Waals surface area contributed by atoms with Crippen molar-refractivity contribution >= 4 is 34.8 Å². The molecule has 0 aliphatic heterocycles. The van der Waals surface area contributed by atoms with Crippen LogP contribution in [0.2, 0.25) is 0 Å². The van der Waals surface area contributed by atoms with Gasteiger partial charge in [0.25, 0.3) is 0 Å². The molecule has 0 aromatic heterocycles. The summed E-state index contributed by atoms with van der Waals surface area (Å²) in [6.07, 6.45) is 1.84. The third-order valence-corrected chi connectivity index (χ3v) is 2.00. The van der Waals surface area contributed by atoms with Crippen LogP contribution in [0.4, 0.5) is 0 Å². The van der Waals surface area contributed by atoms with Crippen molar-refractivity contribution in [3.05, 3.63) is 21.2 Å².